The van der Waals surface area contributed by atoms with Gasteiger partial charge >= 0.3 is 0 Å². The number of amidine groups is 1. The van der Waals surface area contributed by atoms with Crippen LogP contribution in [0, 0.1) is 5.92 Å². The molecule has 1 aliphatic carbocycles. The van der Waals surface area contributed by atoms with Gasteiger partial charge < -0.3 is 5.32 Å². The molecule has 1 saturated carbocycles. The van der Waals surface area contributed by atoms with Gasteiger partial charge in [0.05, 0.1) is 11.2 Å². The molecule has 3 nitrogen and oxygen atoms in total. The minimum Gasteiger partial charge on any atom is -0.359 e. The largest absolute Gasteiger partial charge is 0.359 e. The maximum absolute atomic E-state index is 4.70. The Hall–Kier alpha value is -0.550. The summed E-state index contributed by atoms with van der Waals surface area (Å²) in [7, 11) is 0. The Morgan fingerprint density at radius 3 is 3.05 bits per heavy atom. The third kappa shape index (κ3) is 3.31. The number of hydrogen-bond donors (Lipinski definition) is 1. The minimum atomic E-state index is 0.358. The van der Waals surface area contributed by atoms with Crippen molar-refractivity contribution in [2.24, 2.45) is 10.9 Å². The molecular formula is C14H21N3S2. The molecule has 2 aliphatic rings. The molecule has 2 heterocycles. The zero-order valence-electron chi connectivity index (χ0n) is 11.4. The second-order valence-electron chi connectivity index (χ2n) is 5.79. The van der Waals surface area contributed by atoms with Crippen LogP contribution in [0.4, 0.5) is 0 Å². The highest BCUT2D eigenvalue weighted by Gasteiger charge is 2.39. The van der Waals surface area contributed by atoms with Crippen molar-refractivity contribution in [1.29, 1.82) is 0 Å². The molecule has 3 rings (SSSR count). The van der Waals surface area contributed by atoms with E-state index in [1.165, 1.54) is 37.1 Å². The molecule has 1 aromatic heterocycles. The van der Waals surface area contributed by atoms with Gasteiger partial charge in [-0.2, -0.15) is 0 Å². The number of aromatic nitrogens is 1. The molecule has 2 fully saturated rings. The second-order valence-corrected chi connectivity index (χ2v) is 7.48. The fraction of sp³-hybridized carbons (Fsp3) is 0.714. The average Bonchev–Trinajstić information content (AvgIpc) is 3.05. The number of thiazole rings is 1. The Morgan fingerprint density at radius 2 is 2.32 bits per heavy atom. The third-order valence-corrected chi connectivity index (χ3v) is 6.03. The van der Waals surface area contributed by atoms with Crippen LogP contribution in [0.5, 0.6) is 0 Å². The summed E-state index contributed by atoms with van der Waals surface area (Å²) in [5.41, 5.74) is 3.42. The van der Waals surface area contributed by atoms with Crippen molar-refractivity contribution < 1.29 is 0 Å². The molecule has 19 heavy (non-hydrogen) atoms. The Balaban J connectivity index is 1.51. The molecule has 0 unspecified atom stereocenters. The zero-order chi connectivity index (χ0) is 13.1. The van der Waals surface area contributed by atoms with Gasteiger partial charge in [-0.3, -0.25) is 4.99 Å². The zero-order valence-corrected chi connectivity index (χ0v) is 13.0. The lowest BCUT2D eigenvalue weighted by Gasteiger charge is -2.35. The topological polar surface area (TPSA) is 37.3 Å². The van der Waals surface area contributed by atoms with Crippen molar-refractivity contribution in [3.63, 3.8) is 0 Å². The third-order valence-electron chi connectivity index (χ3n) is 4.20. The fourth-order valence-electron chi connectivity index (χ4n) is 2.81. The van der Waals surface area contributed by atoms with Crippen molar-refractivity contribution in [3.05, 3.63) is 16.6 Å². The number of nitrogens with one attached hydrogen (secondary N) is 1. The van der Waals surface area contributed by atoms with Crippen LogP contribution in [0.3, 0.4) is 0 Å². The highest BCUT2D eigenvalue weighted by molar-refractivity contribution is 8.14. The highest BCUT2D eigenvalue weighted by Crippen LogP contribution is 2.38. The number of nitrogens with zero attached hydrogens (tertiary/aromatic N) is 2. The fourth-order valence-corrected chi connectivity index (χ4v) is 4.65. The van der Waals surface area contributed by atoms with Crippen molar-refractivity contribution in [3.8, 4) is 0 Å². The molecule has 0 radical (unpaired) electrons. The quantitative estimate of drug-likeness (QED) is 0.929. The van der Waals surface area contributed by atoms with Gasteiger partial charge in [-0.15, -0.1) is 11.3 Å². The lowest BCUT2D eigenvalue weighted by atomic mass is 9.78. The van der Waals surface area contributed by atoms with Gasteiger partial charge in [0.15, 0.2) is 5.17 Å². The SMILES string of the molecule is CC1CCC2(CC1)CSC(=NCCc1cscn1)N2. The molecule has 5 heteroatoms. The van der Waals surface area contributed by atoms with Crippen LogP contribution >= 0.6 is 23.1 Å². The van der Waals surface area contributed by atoms with Crippen LogP contribution in [0.15, 0.2) is 15.9 Å². The summed E-state index contributed by atoms with van der Waals surface area (Å²) < 4.78 is 0. The summed E-state index contributed by atoms with van der Waals surface area (Å²) in [6.45, 7) is 3.23. The predicted molar refractivity (Wildman–Crippen MR) is 84.1 cm³/mol. The summed E-state index contributed by atoms with van der Waals surface area (Å²) >= 11 is 3.57. The second kappa shape index (κ2) is 5.83. The van der Waals surface area contributed by atoms with Crippen LogP contribution in [-0.2, 0) is 6.42 Å². The van der Waals surface area contributed by atoms with E-state index in [1.54, 1.807) is 11.3 Å². The van der Waals surface area contributed by atoms with Gasteiger partial charge in [-0.05, 0) is 31.6 Å². The summed E-state index contributed by atoms with van der Waals surface area (Å²) in [5.74, 6) is 2.11. The first-order valence-electron chi connectivity index (χ1n) is 7.08. The summed E-state index contributed by atoms with van der Waals surface area (Å²) in [6, 6.07) is 0. The molecule has 1 N–H and O–H groups in total. The normalized spacial score (nSPS) is 32.9. The molecule has 0 bridgehead atoms. The molecule has 104 valence electrons. The Morgan fingerprint density at radius 1 is 1.47 bits per heavy atom. The monoisotopic (exact) mass is 295 g/mol. The summed E-state index contributed by atoms with van der Waals surface area (Å²) in [5, 5.41) is 6.97. The van der Waals surface area contributed by atoms with Gasteiger partial charge in [-0.25, -0.2) is 4.98 Å². The number of aliphatic imine (C=N–C) groups is 1. The van der Waals surface area contributed by atoms with E-state index in [4.69, 9.17) is 4.99 Å². The predicted octanol–water partition coefficient (Wildman–Crippen LogP) is 3.33. The lowest BCUT2D eigenvalue weighted by Crippen LogP contribution is -2.46. The first-order chi connectivity index (χ1) is 9.26. The Labute approximate surface area is 123 Å². The van der Waals surface area contributed by atoms with Gasteiger partial charge in [0.25, 0.3) is 0 Å². The van der Waals surface area contributed by atoms with Crippen LogP contribution < -0.4 is 5.32 Å². The maximum Gasteiger partial charge on any atom is 0.157 e. The highest BCUT2D eigenvalue weighted by atomic mass is 32.2. The Bertz CT molecular complexity index is 434. The van der Waals surface area contributed by atoms with Crippen LogP contribution in [0.1, 0.15) is 38.3 Å². The summed E-state index contributed by atoms with van der Waals surface area (Å²) in [6.07, 6.45) is 6.30. The van der Waals surface area contributed by atoms with Crippen LogP contribution in [0.2, 0.25) is 0 Å². The van der Waals surface area contributed by atoms with Crippen molar-refractivity contribution in [2.45, 2.75) is 44.6 Å². The van der Waals surface area contributed by atoms with E-state index in [-0.39, 0.29) is 0 Å². The standard InChI is InChI=1S/C14H21N3S2/c1-11-2-5-14(6-3-11)9-19-13(17-14)15-7-4-12-8-18-10-16-12/h8,10-11H,2-7,9H2,1H3,(H,15,17). The summed E-state index contributed by atoms with van der Waals surface area (Å²) in [4.78, 5) is 8.99. The molecule has 1 aromatic rings. The van der Waals surface area contributed by atoms with E-state index in [0.717, 1.165) is 24.1 Å². The molecule has 1 aliphatic heterocycles. The molecule has 1 spiro atoms. The first kappa shape index (κ1) is 13.4. The van der Waals surface area contributed by atoms with Crippen molar-refractivity contribution in [2.75, 3.05) is 12.3 Å². The van der Waals surface area contributed by atoms with Crippen LogP contribution in [-0.4, -0.2) is 28.0 Å². The van der Waals surface area contributed by atoms with Crippen molar-refractivity contribution in [1.82, 2.24) is 10.3 Å². The Kier molecular flexibility index (Phi) is 4.12. The molecule has 1 saturated heterocycles. The van der Waals surface area contributed by atoms with E-state index in [9.17, 15) is 0 Å². The molecular weight excluding hydrogens is 274 g/mol. The number of hydrogen-bond acceptors (Lipinski definition) is 4. The minimum absolute atomic E-state index is 0.358. The van der Waals surface area contributed by atoms with E-state index in [2.05, 4.69) is 22.6 Å². The van der Waals surface area contributed by atoms with Crippen LogP contribution in [0.25, 0.3) is 0 Å². The van der Waals surface area contributed by atoms with E-state index >= 15 is 0 Å². The molecule has 0 amide bonds. The van der Waals surface area contributed by atoms with E-state index in [1.807, 2.05) is 17.3 Å². The lowest BCUT2D eigenvalue weighted by molar-refractivity contribution is 0.251. The molecule has 0 aromatic carbocycles. The van der Waals surface area contributed by atoms with Gasteiger partial charge in [0, 0.05) is 29.6 Å². The van der Waals surface area contributed by atoms with Gasteiger partial charge in [0.2, 0.25) is 0 Å². The smallest absolute Gasteiger partial charge is 0.157 e. The number of thioether (sulfide) groups is 1. The number of rotatable bonds is 3. The average molecular weight is 295 g/mol. The van der Waals surface area contributed by atoms with Gasteiger partial charge in [0.1, 0.15) is 0 Å². The van der Waals surface area contributed by atoms with E-state index < -0.39 is 0 Å². The van der Waals surface area contributed by atoms with Gasteiger partial charge in [-0.1, -0.05) is 18.7 Å². The maximum atomic E-state index is 4.70. The van der Waals surface area contributed by atoms with Crippen molar-refractivity contribution >= 4 is 28.3 Å². The first-order valence-corrected chi connectivity index (χ1v) is 9.01. The molecule has 0 atom stereocenters. The van der Waals surface area contributed by atoms with E-state index in [0.29, 0.717) is 5.54 Å².